The van der Waals surface area contributed by atoms with Crippen molar-refractivity contribution in [3.8, 4) is 50.6 Å². The Bertz CT molecular complexity index is 3520. The van der Waals surface area contributed by atoms with E-state index < -0.39 is 5.41 Å². The molecule has 0 N–H and O–H groups in total. The molecule has 0 unspecified atom stereocenters. The summed E-state index contributed by atoms with van der Waals surface area (Å²) in [6.07, 6.45) is 0. The molecule has 1 aliphatic carbocycles. The van der Waals surface area contributed by atoms with Crippen molar-refractivity contribution in [3.05, 3.63) is 265 Å². The summed E-state index contributed by atoms with van der Waals surface area (Å²) in [5.74, 6) is 1.78. The fourth-order valence-electron chi connectivity index (χ4n) is 10.7. The summed E-state index contributed by atoms with van der Waals surface area (Å²) in [6, 6.07) is 88.1. The van der Waals surface area contributed by atoms with Crippen molar-refractivity contribution in [2.24, 2.45) is 0 Å². The van der Waals surface area contributed by atoms with E-state index in [1.165, 1.54) is 66.3 Å². The van der Waals surface area contributed by atoms with Gasteiger partial charge in [0.05, 0.1) is 16.4 Å². The Morgan fingerprint density at radius 3 is 1.53 bits per heavy atom. The number of hydrogen-bond acceptors (Lipinski definition) is 2. The molecule has 13 rings (SSSR count). The molecule has 0 saturated carbocycles. The zero-order valence-electron chi connectivity index (χ0n) is 34.9. The lowest BCUT2D eigenvalue weighted by Gasteiger charge is -2.39. The number of nitrogens with zero attached hydrogens (tertiary/aromatic N) is 2. The fraction of sp³-hybridized carbons (Fsp3) is 0.0164. The monoisotopic (exact) mass is 816 g/mol. The van der Waals surface area contributed by atoms with E-state index >= 15 is 0 Å². The highest BCUT2D eigenvalue weighted by Crippen LogP contribution is 2.62. The molecule has 64 heavy (non-hydrogen) atoms. The summed E-state index contributed by atoms with van der Waals surface area (Å²) in [5.41, 5.74) is 18.3. The highest BCUT2D eigenvalue weighted by atomic mass is 16.5. The number of ether oxygens (including phenoxy) is 1. The number of fused-ring (bicyclic) bond motifs is 12. The van der Waals surface area contributed by atoms with E-state index in [-0.39, 0.29) is 0 Å². The third-order valence-corrected chi connectivity index (χ3v) is 13.5. The molecule has 300 valence electrons. The third-order valence-electron chi connectivity index (χ3n) is 13.5. The molecule has 10 aromatic carbocycles. The maximum atomic E-state index is 6.66. The normalized spacial score (nSPS) is 12.9. The number of anilines is 3. The molecule has 0 saturated heterocycles. The van der Waals surface area contributed by atoms with Gasteiger partial charge in [-0.3, -0.25) is 0 Å². The largest absolute Gasteiger partial charge is 0.457 e. The Morgan fingerprint density at radius 2 is 0.828 bits per heavy atom. The van der Waals surface area contributed by atoms with Gasteiger partial charge >= 0.3 is 0 Å². The Balaban J connectivity index is 0.973. The smallest absolute Gasteiger partial charge is 0.132 e. The molecular weight excluding hydrogens is 777 g/mol. The van der Waals surface area contributed by atoms with Crippen LogP contribution in [0, 0.1) is 0 Å². The topological polar surface area (TPSA) is 17.4 Å². The van der Waals surface area contributed by atoms with Gasteiger partial charge in [-0.25, -0.2) is 0 Å². The predicted molar refractivity (Wildman–Crippen MR) is 264 cm³/mol. The van der Waals surface area contributed by atoms with Crippen LogP contribution in [0.3, 0.4) is 0 Å². The molecule has 0 amide bonds. The first kappa shape index (κ1) is 36.3. The highest BCUT2D eigenvalue weighted by molar-refractivity contribution is 6.10. The molecule has 3 nitrogen and oxygen atoms in total. The van der Waals surface area contributed by atoms with Crippen molar-refractivity contribution >= 4 is 38.9 Å². The van der Waals surface area contributed by atoms with Crippen LogP contribution in [0.25, 0.3) is 60.9 Å². The SMILES string of the molecule is c1ccc(-c2ccc(N(c3ccc(-c4ccc5c(c4)c4ccccc4n5-c4ccccc4)cc3)c3ccc4c(c3)C3(c5ccccc5Oc5ccccc53)c3ccccc3-4)cc2)cc1. The Labute approximate surface area is 372 Å². The molecule has 0 atom stereocenters. The van der Waals surface area contributed by atoms with E-state index in [0.717, 1.165) is 45.4 Å². The molecule has 2 heterocycles. The summed E-state index contributed by atoms with van der Waals surface area (Å²) in [5, 5.41) is 2.49. The number of rotatable bonds is 6. The second-order valence-electron chi connectivity index (χ2n) is 16.8. The maximum Gasteiger partial charge on any atom is 0.132 e. The van der Waals surface area contributed by atoms with Gasteiger partial charge in [0.1, 0.15) is 11.5 Å². The summed E-state index contributed by atoms with van der Waals surface area (Å²) >= 11 is 0. The van der Waals surface area contributed by atoms with Gasteiger partial charge in [-0.2, -0.15) is 0 Å². The zero-order chi connectivity index (χ0) is 42.2. The van der Waals surface area contributed by atoms with Gasteiger partial charge < -0.3 is 14.2 Å². The first-order chi connectivity index (χ1) is 31.7. The fourth-order valence-corrected chi connectivity index (χ4v) is 10.7. The molecule has 1 aliphatic heterocycles. The summed E-state index contributed by atoms with van der Waals surface area (Å²) in [7, 11) is 0. The number of aromatic nitrogens is 1. The minimum absolute atomic E-state index is 0.567. The average Bonchev–Trinajstić information content (AvgIpc) is 3.85. The van der Waals surface area contributed by atoms with E-state index in [0.29, 0.717) is 0 Å². The van der Waals surface area contributed by atoms with Crippen molar-refractivity contribution in [1.29, 1.82) is 0 Å². The first-order valence-corrected chi connectivity index (χ1v) is 22.0. The summed E-state index contributed by atoms with van der Waals surface area (Å²) in [4.78, 5) is 2.41. The molecule has 0 bridgehead atoms. The lowest BCUT2D eigenvalue weighted by molar-refractivity contribution is 0.436. The molecule has 0 fully saturated rings. The minimum atomic E-state index is -0.567. The predicted octanol–water partition coefficient (Wildman–Crippen LogP) is 16.1. The lowest BCUT2D eigenvalue weighted by Crippen LogP contribution is -2.32. The van der Waals surface area contributed by atoms with Crippen LogP contribution in [0.4, 0.5) is 17.1 Å². The molecule has 11 aromatic rings. The van der Waals surface area contributed by atoms with Crippen LogP contribution in [0.2, 0.25) is 0 Å². The quantitative estimate of drug-likeness (QED) is 0.166. The highest BCUT2D eigenvalue weighted by Gasteiger charge is 2.51. The van der Waals surface area contributed by atoms with E-state index in [1.54, 1.807) is 0 Å². The Hall–Kier alpha value is -8.40. The van der Waals surface area contributed by atoms with Crippen LogP contribution in [-0.4, -0.2) is 4.57 Å². The standard InChI is InChI=1S/C61H40N2O/c1-3-15-41(16-4-1)42-27-32-46(33-28-42)62(47-34-29-43(30-35-47)44-31-38-58-52(39-44)51-20-8-12-24-57(51)63(58)45-17-5-2-6-18-45)48-36-37-50-49-19-7-9-21-53(49)61(56(50)40-48)54-22-10-13-25-59(54)64-60-26-14-11-23-55(60)61/h1-40H. The van der Waals surface area contributed by atoms with Crippen LogP contribution < -0.4 is 9.64 Å². The molecule has 0 radical (unpaired) electrons. The molecule has 3 heteroatoms. The van der Waals surface area contributed by atoms with Gasteiger partial charge in [-0.15, -0.1) is 0 Å². The van der Waals surface area contributed by atoms with Gasteiger partial charge in [-0.1, -0.05) is 164 Å². The molecule has 1 spiro atoms. The Morgan fingerprint density at radius 1 is 0.328 bits per heavy atom. The van der Waals surface area contributed by atoms with Crippen LogP contribution >= 0.6 is 0 Å². The minimum Gasteiger partial charge on any atom is -0.457 e. The molecule has 2 aliphatic rings. The van der Waals surface area contributed by atoms with E-state index in [2.05, 4.69) is 252 Å². The van der Waals surface area contributed by atoms with Gasteiger partial charge in [0.2, 0.25) is 0 Å². The molecule has 1 aromatic heterocycles. The van der Waals surface area contributed by atoms with Gasteiger partial charge in [0.25, 0.3) is 0 Å². The van der Waals surface area contributed by atoms with E-state index in [4.69, 9.17) is 4.74 Å². The van der Waals surface area contributed by atoms with Crippen LogP contribution in [0.1, 0.15) is 22.3 Å². The van der Waals surface area contributed by atoms with E-state index in [9.17, 15) is 0 Å². The molecular formula is C61H40N2O. The second kappa shape index (κ2) is 14.3. The van der Waals surface area contributed by atoms with Gasteiger partial charge in [0, 0.05) is 44.6 Å². The van der Waals surface area contributed by atoms with Crippen molar-refractivity contribution < 1.29 is 4.74 Å². The summed E-state index contributed by atoms with van der Waals surface area (Å²) < 4.78 is 9.03. The van der Waals surface area contributed by atoms with Gasteiger partial charge in [-0.05, 0) is 123 Å². The van der Waals surface area contributed by atoms with Crippen molar-refractivity contribution in [1.82, 2.24) is 4.57 Å². The van der Waals surface area contributed by atoms with E-state index in [1.807, 2.05) is 0 Å². The number of hydrogen-bond donors (Lipinski definition) is 0. The first-order valence-electron chi connectivity index (χ1n) is 22.0. The number of benzene rings is 10. The van der Waals surface area contributed by atoms with Crippen molar-refractivity contribution in [2.45, 2.75) is 5.41 Å². The summed E-state index contributed by atoms with van der Waals surface area (Å²) in [6.45, 7) is 0. The second-order valence-corrected chi connectivity index (χ2v) is 16.8. The van der Waals surface area contributed by atoms with Crippen LogP contribution in [-0.2, 0) is 5.41 Å². The van der Waals surface area contributed by atoms with Crippen molar-refractivity contribution in [3.63, 3.8) is 0 Å². The third kappa shape index (κ3) is 5.41. The zero-order valence-corrected chi connectivity index (χ0v) is 34.9. The van der Waals surface area contributed by atoms with Crippen LogP contribution in [0.15, 0.2) is 243 Å². The van der Waals surface area contributed by atoms with Gasteiger partial charge in [0.15, 0.2) is 0 Å². The number of para-hydroxylation sites is 4. The Kier molecular flexibility index (Phi) is 8.13. The van der Waals surface area contributed by atoms with Crippen LogP contribution in [0.5, 0.6) is 11.5 Å². The lowest BCUT2D eigenvalue weighted by atomic mass is 9.66. The van der Waals surface area contributed by atoms with Crippen molar-refractivity contribution in [2.75, 3.05) is 4.90 Å². The average molecular weight is 817 g/mol. The maximum absolute atomic E-state index is 6.66.